The standard InChI is InChI=1S/C25H22N4O2/c1-16-9-10-18(24(30)27-20-12-11-17-6-2-3-7-19(17)20)14-21(16)28-25(31)22-15-26-23-8-4-5-13-29(22)23/h2-10,13-15,20H,11-12H2,1H3,(H,27,30)(H,28,31). The number of imidazole rings is 1. The molecule has 5 rings (SSSR count). The van der Waals surface area contributed by atoms with E-state index in [1.165, 1.54) is 11.1 Å². The molecule has 2 aromatic heterocycles. The Morgan fingerprint density at radius 2 is 1.87 bits per heavy atom. The third-order valence-corrected chi connectivity index (χ3v) is 5.84. The van der Waals surface area contributed by atoms with Crippen LogP contribution >= 0.6 is 0 Å². The molecule has 0 fully saturated rings. The van der Waals surface area contributed by atoms with Crippen molar-refractivity contribution in [3.63, 3.8) is 0 Å². The Hall–Kier alpha value is -3.93. The highest BCUT2D eigenvalue weighted by atomic mass is 16.2. The van der Waals surface area contributed by atoms with Crippen molar-refractivity contribution in [3.05, 3.63) is 101 Å². The minimum absolute atomic E-state index is 0.0150. The van der Waals surface area contributed by atoms with E-state index in [-0.39, 0.29) is 17.9 Å². The highest BCUT2D eigenvalue weighted by Crippen LogP contribution is 2.31. The lowest BCUT2D eigenvalue weighted by Crippen LogP contribution is -2.27. The molecule has 2 N–H and O–H groups in total. The molecule has 6 heteroatoms. The first-order chi connectivity index (χ1) is 15.1. The third kappa shape index (κ3) is 3.57. The molecule has 2 aromatic carbocycles. The molecular weight excluding hydrogens is 388 g/mol. The van der Waals surface area contributed by atoms with Crippen molar-refractivity contribution in [2.45, 2.75) is 25.8 Å². The van der Waals surface area contributed by atoms with Crippen molar-refractivity contribution in [3.8, 4) is 0 Å². The third-order valence-electron chi connectivity index (χ3n) is 5.84. The van der Waals surface area contributed by atoms with E-state index in [1.54, 1.807) is 28.9 Å². The number of pyridine rings is 1. The van der Waals surface area contributed by atoms with Gasteiger partial charge in [0.25, 0.3) is 11.8 Å². The number of carbonyl (C=O) groups excluding carboxylic acids is 2. The van der Waals surface area contributed by atoms with Crippen LogP contribution in [0.3, 0.4) is 0 Å². The molecule has 0 saturated heterocycles. The summed E-state index contributed by atoms with van der Waals surface area (Å²) in [6, 6.07) is 19.2. The summed E-state index contributed by atoms with van der Waals surface area (Å²) in [6.45, 7) is 1.90. The van der Waals surface area contributed by atoms with E-state index in [0.717, 1.165) is 18.4 Å². The second kappa shape index (κ2) is 7.72. The number of nitrogens with one attached hydrogen (secondary N) is 2. The van der Waals surface area contributed by atoms with Gasteiger partial charge in [-0.15, -0.1) is 0 Å². The first kappa shape index (κ1) is 19.1. The zero-order valence-corrected chi connectivity index (χ0v) is 17.1. The van der Waals surface area contributed by atoms with E-state index in [4.69, 9.17) is 0 Å². The van der Waals surface area contributed by atoms with Crippen LogP contribution in [0.1, 0.15) is 50.0 Å². The number of fused-ring (bicyclic) bond motifs is 2. The van der Waals surface area contributed by atoms with E-state index >= 15 is 0 Å². The van der Waals surface area contributed by atoms with Crippen LogP contribution in [0, 0.1) is 6.92 Å². The first-order valence-electron chi connectivity index (χ1n) is 10.3. The maximum Gasteiger partial charge on any atom is 0.274 e. The number of aryl methyl sites for hydroxylation is 2. The number of rotatable bonds is 4. The molecule has 6 nitrogen and oxygen atoms in total. The summed E-state index contributed by atoms with van der Waals surface area (Å²) in [5.41, 5.74) is 5.62. The molecule has 154 valence electrons. The Morgan fingerprint density at radius 3 is 2.77 bits per heavy atom. The van der Waals surface area contributed by atoms with Gasteiger partial charge in [-0.25, -0.2) is 4.98 Å². The second-order valence-corrected chi connectivity index (χ2v) is 7.82. The monoisotopic (exact) mass is 410 g/mol. The molecule has 1 aliphatic carbocycles. The van der Waals surface area contributed by atoms with Crippen molar-refractivity contribution in [2.24, 2.45) is 0 Å². The molecule has 0 spiro atoms. The first-order valence-corrected chi connectivity index (χ1v) is 10.3. The molecule has 1 unspecified atom stereocenters. The van der Waals surface area contributed by atoms with Crippen LogP contribution in [0.2, 0.25) is 0 Å². The highest BCUT2D eigenvalue weighted by molar-refractivity contribution is 6.05. The molecule has 2 amide bonds. The van der Waals surface area contributed by atoms with Crippen LogP contribution in [0.4, 0.5) is 5.69 Å². The lowest BCUT2D eigenvalue weighted by molar-refractivity contribution is 0.0935. The fourth-order valence-corrected chi connectivity index (χ4v) is 4.13. The quantitative estimate of drug-likeness (QED) is 0.526. The topological polar surface area (TPSA) is 75.5 Å². The Balaban J connectivity index is 1.35. The summed E-state index contributed by atoms with van der Waals surface area (Å²) in [6.07, 6.45) is 5.21. The van der Waals surface area contributed by atoms with Crippen LogP contribution in [0.5, 0.6) is 0 Å². The predicted octanol–water partition coefficient (Wildman–Crippen LogP) is 4.31. The number of aromatic nitrogens is 2. The van der Waals surface area contributed by atoms with Gasteiger partial charge < -0.3 is 10.6 Å². The number of benzene rings is 2. The van der Waals surface area contributed by atoms with Gasteiger partial charge in [0.15, 0.2) is 0 Å². The van der Waals surface area contributed by atoms with E-state index in [1.807, 2.05) is 43.3 Å². The van der Waals surface area contributed by atoms with E-state index in [2.05, 4.69) is 27.8 Å². The molecule has 4 aromatic rings. The maximum absolute atomic E-state index is 12.9. The zero-order chi connectivity index (χ0) is 21.4. The molecule has 2 heterocycles. The number of anilines is 1. The lowest BCUT2D eigenvalue weighted by atomic mass is 10.1. The Labute approximate surface area is 179 Å². The van der Waals surface area contributed by atoms with Crippen molar-refractivity contribution >= 4 is 23.1 Å². The van der Waals surface area contributed by atoms with Gasteiger partial charge in [-0.2, -0.15) is 0 Å². The van der Waals surface area contributed by atoms with Gasteiger partial charge in [-0.3, -0.25) is 14.0 Å². The van der Waals surface area contributed by atoms with E-state index in [9.17, 15) is 9.59 Å². The fourth-order valence-electron chi connectivity index (χ4n) is 4.13. The predicted molar refractivity (Wildman–Crippen MR) is 119 cm³/mol. The van der Waals surface area contributed by atoms with Gasteiger partial charge >= 0.3 is 0 Å². The summed E-state index contributed by atoms with van der Waals surface area (Å²) in [4.78, 5) is 30.1. The normalized spacial score (nSPS) is 14.9. The van der Waals surface area contributed by atoms with Gasteiger partial charge in [0.2, 0.25) is 0 Å². The number of amides is 2. The molecule has 0 radical (unpaired) electrons. The van der Waals surface area contributed by atoms with Crippen LogP contribution in [-0.4, -0.2) is 21.2 Å². The van der Waals surface area contributed by atoms with Gasteiger partial charge in [0, 0.05) is 17.4 Å². The van der Waals surface area contributed by atoms with E-state index in [0.29, 0.717) is 22.6 Å². The molecular formula is C25H22N4O2. The van der Waals surface area contributed by atoms with Gasteiger partial charge in [0.05, 0.1) is 12.2 Å². The SMILES string of the molecule is Cc1ccc(C(=O)NC2CCc3ccccc32)cc1NC(=O)c1cnc2ccccn12. The highest BCUT2D eigenvalue weighted by Gasteiger charge is 2.24. The van der Waals surface area contributed by atoms with Crippen LogP contribution in [0.25, 0.3) is 5.65 Å². The van der Waals surface area contributed by atoms with Gasteiger partial charge in [-0.05, 0) is 60.7 Å². The number of hydrogen-bond acceptors (Lipinski definition) is 3. The summed E-state index contributed by atoms with van der Waals surface area (Å²) >= 11 is 0. The average Bonchev–Trinajstić information content (AvgIpc) is 3.40. The van der Waals surface area contributed by atoms with Crippen molar-refractivity contribution in [1.82, 2.24) is 14.7 Å². The molecule has 31 heavy (non-hydrogen) atoms. The molecule has 0 aliphatic heterocycles. The number of hydrogen-bond donors (Lipinski definition) is 2. The number of nitrogens with zero attached hydrogens (tertiary/aromatic N) is 2. The average molecular weight is 410 g/mol. The smallest absolute Gasteiger partial charge is 0.274 e. The minimum Gasteiger partial charge on any atom is -0.345 e. The van der Waals surface area contributed by atoms with Gasteiger partial charge in [-0.1, -0.05) is 36.4 Å². The molecule has 0 saturated carbocycles. The summed E-state index contributed by atoms with van der Waals surface area (Å²) < 4.78 is 1.73. The summed E-state index contributed by atoms with van der Waals surface area (Å²) in [5.74, 6) is -0.420. The van der Waals surface area contributed by atoms with Crippen LogP contribution in [-0.2, 0) is 6.42 Å². The molecule has 1 atom stereocenters. The summed E-state index contributed by atoms with van der Waals surface area (Å²) in [5, 5.41) is 6.07. The Bertz CT molecular complexity index is 1310. The van der Waals surface area contributed by atoms with Crippen molar-refractivity contribution in [1.29, 1.82) is 0 Å². The van der Waals surface area contributed by atoms with Crippen LogP contribution in [0.15, 0.2) is 73.1 Å². The fraction of sp³-hybridized carbons (Fsp3) is 0.160. The van der Waals surface area contributed by atoms with E-state index < -0.39 is 0 Å². The largest absolute Gasteiger partial charge is 0.345 e. The molecule has 0 bridgehead atoms. The maximum atomic E-state index is 12.9. The van der Waals surface area contributed by atoms with Crippen molar-refractivity contribution < 1.29 is 9.59 Å². The van der Waals surface area contributed by atoms with Crippen molar-refractivity contribution in [2.75, 3.05) is 5.32 Å². The molecule has 1 aliphatic rings. The Kier molecular flexibility index (Phi) is 4.75. The lowest BCUT2D eigenvalue weighted by Gasteiger charge is -2.15. The Morgan fingerprint density at radius 1 is 1.03 bits per heavy atom. The number of carbonyl (C=O) groups is 2. The summed E-state index contributed by atoms with van der Waals surface area (Å²) in [7, 11) is 0. The van der Waals surface area contributed by atoms with Crippen LogP contribution < -0.4 is 10.6 Å². The zero-order valence-electron chi connectivity index (χ0n) is 17.1. The minimum atomic E-state index is -0.274. The second-order valence-electron chi connectivity index (χ2n) is 7.82. The van der Waals surface area contributed by atoms with Gasteiger partial charge in [0.1, 0.15) is 11.3 Å².